The predicted octanol–water partition coefficient (Wildman–Crippen LogP) is 1.73. The van der Waals surface area contributed by atoms with E-state index in [9.17, 15) is 9.90 Å². The molecule has 25 heavy (non-hydrogen) atoms. The molecule has 2 aliphatic rings. The van der Waals surface area contributed by atoms with Gasteiger partial charge in [0.25, 0.3) is 0 Å². The van der Waals surface area contributed by atoms with Crippen LogP contribution in [0.2, 0.25) is 0 Å². The number of benzene rings is 1. The Labute approximate surface area is 145 Å². The van der Waals surface area contributed by atoms with E-state index in [0.29, 0.717) is 39.1 Å². The minimum Gasteiger partial charge on any atom is -0.486 e. The van der Waals surface area contributed by atoms with E-state index in [1.54, 1.807) is 23.1 Å². The molecule has 0 bridgehead atoms. The van der Waals surface area contributed by atoms with Crippen molar-refractivity contribution in [2.24, 2.45) is 0 Å². The summed E-state index contributed by atoms with van der Waals surface area (Å²) in [7, 11) is 0. The summed E-state index contributed by atoms with van der Waals surface area (Å²) < 4.78 is 12.8. The Balaban J connectivity index is 1.44. The Morgan fingerprint density at radius 2 is 1.96 bits per heavy atom. The molecule has 3 heterocycles. The highest BCUT2D eigenvalue weighted by molar-refractivity contribution is 5.76. The third-order valence-electron chi connectivity index (χ3n) is 5.04. The number of piperidine rings is 1. The molecule has 0 saturated carbocycles. The van der Waals surface area contributed by atoms with Crippen molar-refractivity contribution in [1.29, 1.82) is 0 Å². The van der Waals surface area contributed by atoms with Gasteiger partial charge in [0, 0.05) is 32.0 Å². The number of aliphatic carboxylic acids is 1. The summed E-state index contributed by atoms with van der Waals surface area (Å²) in [5.41, 5.74) is 0.207. The van der Waals surface area contributed by atoms with Crippen molar-refractivity contribution in [3.05, 3.63) is 42.2 Å². The number of aromatic nitrogens is 2. The van der Waals surface area contributed by atoms with E-state index in [1.165, 1.54) is 0 Å². The number of hydrogen-bond acceptors (Lipinski definition) is 5. The molecule has 2 aromatic rings. The summed E-state index contributed by atoms with van der Waals surface area (Å²) in [5.74, 6) is 0.768. The SMILES string of the molecule is O=C(O)C1(n2cccn2)CCN(Cc2ccc3c(c2)OCCO3)CC1. The molecule has 1 saturated heterocycles. The van der Waals surface area contributed by atoms with Gasteiger partial charge in [0.15, 0.2) is 17.0 Å². The number of carboxylic acid groups (broad SMARTS) is 1. The number of ether oxygens (including phenoxy) is 2. The molecule has 7 heteroatoms. The Hall–Kier alpha value is -2.54. The summed E-state index contributed by atoms with van der Waals surface area (Å²) >= 11 is 0. The van der Waals surface area contributed by atoms with Gasteiger partial charge in [0.2, 0.25) is 0 Å². The molecular formula is C18H21N3O4. The van der Waals surface area contributed by atoms with Crippen molar-refractivity contribution in [1.82, 2.24) is 14.7 Å². The van der Waals surface area contributed by atoms with Gasteiger partial charge in [0.1, 0.15) is 13.2 Å². The first kappa shape index (κ1) is 16.0. The Bertz CT molecular complexity index is 752. The van der Waals surface area contributed by atoms with E-state index >= 15 is 0 Å². The van der Waals surface area contributed by atoms with E-state index in [4.69, 9.17) is 9.47 Å². The molecule has 1 aromatic carbocycles. The van der Waals surface area contributed by atoms with E-state index in [2.05, 4.69) is 10.00 Å². The number of nitrogens with zero attached hydrogens (tertiary/aromatic N) is 3. The lowest BCUT2D eigenvalue weighted by atomic mass is 9.87. The van der Waals surface area contributed by atoms with Gasteiger partial charge in [-0.25, -0.2) is 4.79 Å². The molecule has 0 aliphatic carbocycles. The Morgan fingerprint density at radius 1 is 1.20 bits per heavy atom. The summed E-state index contributed by atoms with van der Waals surface area (Å²) in [6.45, 7) is 3.35. The van der Waals surface area contributed by atoms with Gasteiger partial charge >= 0.3 is 5.97 Å². The molecule has 1 fully saturated rings. The van der Waals surface area contributed by atoms with Crippen LogP contribution < -0.4 is 9.47 Å². The molecule has 0 atom stereocenters. The zero-order valence-corrected chi connectivity index (χ0v) is 13.9. The van der Waals surface area contributed by atoms with Crippen LogP contribution >= 0.6 is 0 Å². The number of carboxylic acids is 1. The second-order valence-electron chi connectivity index (χ2n) is 6.54. The van der Waals surface area contributed by atoms with Crippen molar-refractivity contribution >= 4 is 5.97 Å². The van der Waals surface area contributed by atoms with Crippen molar-refractivity contribution in [3.8, 4) is 11.5 Å². The number of likely N-dealkylation sites (tertiary alicyclic amines) is 1. The minimum atomic E-state index is -0.938. The van der Waals surface area contributed by atoms with Crippen LogP contribution in [0.4, 0.5) is 0 Å². The van der Waals surface area contributed by atoms with Crippen LogP contribution in [0.15, 0.2) is 36.7 Å². The van der Waals surface area contributed by atoms with Gasteiger partial charge in [-0.05, 0) is 36.6 Å². The second-order valence-corrected chi connectivity index (χ2v) is 6.54. The Morgan fingerprint density at radius 3 is 2.64 bits per heavy atom. The van der Waals surface area contributed by atoms with Crippen LogP contribution in [0, 0.1) is 0 Å². The summed E-state index contributed by atoms with van der Waals surface area (Å²) in [5, 5.41) is 13.9. The van der Waals surface area contributed by atoms with Crippen LogP contribution in [0.25, 0.3) is 0 Å². The van der Waals surface area contributed by atoms with Crippen LogP contribution in [-0.4, -0.2) is 52.1 Å². The molecule has 1 aromatic heterocycles. The standard InChI is InChI=1S/C18H21N3O4/c22-17(23)18(21-7-1-6-19-21)4-8-20(9-5-18)13-14-2-3-15-16(12-14)25-11-10-24-15/h1-3,6-7,12H,4-5,8-11,13H2,(H,22,23). The van der Waals surface area contributed by atoms with Crippen molar-refractivity contribution in [3.63, 3.8) is 0 Å². The van der Waals surface area contributed by atoms with Crippen LogP contribution in [0.5, 0.6) is 11.5 Å². The molecule has 132 valence electrons. The minimum absolute atomic E-state index is 0.536. The number of hydrogen-bond donors (Lipinski definition) is 1. The molecule has 2 aliphatic heterocycles. The molecular weight excluding hydrogens is 322 g/mol. The average Bonchev–Trinajstić information content (AvgIpc) is 3.17. The molecule has 7 nitrogen and oxygen atoms in total. The fraction of sp³-hybridized carbons (Fsp3) is 0.444. The third-order valence-corrected chi connectivity index (χ3v) is 5.04. The van der Waals surface area contributed by atoms with Gasteiger partial charge < -0.3 is 14.6 Å². The number of fused-ring (bicyclic) bond motifs is 1. The fourth-order valence-electron chi connectivity index (χ4n) is 3.59. The summed E-state index contributed by atoms with van der Waals surface area (Å²) in [6.07, 6.45) is 4.44. The maximum Gasteiger partial charge on any atom is 0.331 e. The first-order valence-electron chi connectivity index (χ1n) is 8.52. The molecule has 0 spiro atoms. The van der Waals surface area contributed by atoms with Crippen LogP contribution in [0.1, 0.15) is 18.4 Å². The normalized spacial score (nSPS) is 19.5. The third kappa shape index (κ3) is 2.95. The first-order chi connectivity index (χ1) is 12.2. The van der Waals surface area contributed by atoms with Crippen LogP contribution in [-0.2, 0) is 16.9 Å². The largest absolute Gasteiger partial charge is 0.486 e. The monoisotopic (exact) mass is 343 g/mol. The highest BCUT2D eigenvalue weighted by Gasteiger charge is 2.43. The average molecular weight is 343 g/mol. The van der Waals surface area contributed by atoms with E-state index in [0.717, 1.165) is 23.6 Å². The maximum absolute atomic E-state index is 11.9. The second kappa shape index (κ2) is 6.40. The lowest BCUT2D eigenvalue weighted by molar-refractivity contribution is -0.151. The molecule has 1 N–H and O–H groups in total. The zero-order chi connectivity index (χ0) is 17.3. The molecule has 0 radical (unpaired) electrons. The van der Waals surface area contributed by atoms with Gasteiger partial charge in [0.05, 0.1) is 0 Å². The highest BCUT2D eigenvalue weighted by Crippen LogP contribution is 2.33. The van der Waals surface area contributed by atoms with E-state index < -0.39 is 11.5 Å². The first-order valence-corrected chi connectivity index (χ1v) is 8.52. The van der Waals surface area contributed by atoms with Gasteiger partial charge in [-0.3, -0.25) is 9.58 Å². The van der Waals surface area contributed by atoms with E-state index in [-0.39, 0.29) is 0 Å². The number of rotatable bonds is 4. The van der Waals surface area contributed by atoms with Gasteiger partial charge in [-0.2, -0.15) is 5.10 Å². The summed E-state index contributed by atoms with van der Waals surface area (Å²) in [6, 6.07) is 7.77. The maximum atomic E-state index is 11.9. The van der Waals surface area contributed by atoms with Crippen molar-refractivity contribution in [2.45, 2.75) is 24.9 Å². The topological polar surface area (TPSA) is 76.8 Å². The molecule has 0 unspecified atom stereocenters. The van der Waals surface area contributed by atoms with Crippen LogP contribution in [0.3, 0.4) is 0 Å². The van der Waals surface area contributed by atoms with Crippen molar-refractivity contribution < 1.29 is 19.4 Å². The number of carbonyl (C=O) groups is 1. The van der Waals surface area contributed by atoms with E-state index in [1.807, 2.05) is 18.2 Å². The zero-order valence-electron chi connectivity index (χ0n) is 13.9. The predicted molar refractivity (Wildman–Crippen MR) is 89.8 cm³/mol. The van der Waals surface area contributed by atoms with Gasteiger partial charge in [-0.1, -0.05) is 6.07 Å². The molecule has 4 rings (SSSR count). The highest BCUT2D eigenvalue weighted by atomic mass is 16.6. The van der Waals surface area contributed by atoms with Gasteiger partial charge in [-0.15, -0.1) is 0 Å². The molecule has 0 amide bonds. The lowest BCUT2D eigenvalue weighted by Gasteiger charge is -2.39. The quantitative estimate of drug-likeness (QED) is 0.911. The summed E-state index contributed by atoms with van der Waals surface area (Å²) in [4.78, 5) is 14.2. The lowest BCUT2D eigenvalue weighted by Crippen LogP contribution is -2.51. The smallest absolute Gasteiger partial charge is 0.331 e. The Kier molecular flexibility index (Phi) is 4.09. The fourth-order valence-corrected chi connectivity index (χ4v) is 3.59. The van der Waals surface area contributed by atoms with Crippen molar-refractivity contribution in [2.75, 3.05) is 26.3 Å².